The van der Waals surface area contributed by atoms with Gasteiger partial charge < -0.3 is 10.2 Å². The lowest BCUT2D eigenvalue weighted by Crippen LogP contribution is -2.21. The molecular weight excluding hydrogens is 296 g/mol. The van der Waals surface area contributed by atoms with E-state index >= 15 is 0 Å². The fraction of sp³-hybridized carbons (Fsp3) is 0.400. The molecule has 2 aromatic rings. The maximum Gasteiger partial charge on any atom is 0.134 e. The van der Waals surface area contributed by atoms with E-state index in [0.29, 0.717) is 12.0 Å². The molecule has 1 fully saturated rings. The Labute approximate surface area is 143 Å². The van der Waals surface area contributed by atoms with E-state index in [2.05, 4.69) is 59.4 Å². The Morgan fingerprint density at radius 1 is 1.17 bits per heavy atom. The van der Waals surface area contributed by atoms with Crippen LogP contribution in [0.25, 0.3) is 11.3 Å². The van der Waals surface area contributed by atoms with Crippen molar-refractivity contribution in [3.05, 3.63) is 41.5 Å². The molecule has 0 spiro atoms. The highest BCUT2D eigenvalue weighted by atomic mass is 15.2. The molecule has 1 N–H and O–H groups in total. The number of hydrogen-bond donors (Lipinski definition) is 1. The largest absolute Gasteiger partial charge is 0.367 e. The average molecular weight is 320 g/mol. The van der Waals surface area contributed by atoms with Crippen LogP contribution in [0.3, 0.4) is 0 Å². The molecule has 4 nitrogen and oxygen atoms in total. The molecule has 2 aliphatic rings. The van der Waals surface area contributed by atoms with Crippen LogP contribution in [-0.2, 0) is 6.54 Å². The predicted molar refractivity (Wildman–Crippen MR) is 100 cm³/mol. The number of rotatable bonds is 4. The van der Waals surface area contributed by atoms with Crippen LogP contribution in [-0.4, -0.2) is 29.3 Å². The quantitative estimate of drug-likeness (QED) is 0.898. The number of hydrogen-bond acceptors (Lipinski definition) is 4. The third kappa shape index (κ3) is 3.01. The van der Waals surface area contributed by atoms with Crippen LogP contribution in [0.5, 0.6) is 0 Å². The first-order valence-corrected chi connectivity index (χ1v) is 8.75. The van der Waals surface area contributed by atoms with Crippen molar-refractivity contribution in [3.8, 4) is 11.3 Å². The number of anilines is 1. The zero-order valence-electron chi connectivity index (χ0n) is 14.6. The number of nitrogens with zero attached hydrogens (tertiary/aromatic N) is 3. The van der Waals surface area contributed by atoms with Gasteiger partial charge in [-0.25, -0.2) is 9.98 Å². The number of nitrogens with one attached hydrogen (secondary N) is 1. The van der Waals surface area contributed by atoms with Crippen LogP contribution >= 0.6 is 0 Å². The monoisotopic (exact) mass is 320 g/mol. The highest BCUT2D eigenvalue weighted by Gasteiger charge is 2.25. The fourth-order valence-electron chi connectivity index (χ4n) is 3.01. The third-order valence-corrected chi connectivity index (χ3v) is 4.69. The van der Waals surface area contributed by atoms with Gasteiger partial charge in [-0.1, -0.05) is 38.1 Å². The molecule has 1 aliphatic carbocycles. The maximum absolute atomic E-state index is 4.93. The molecule has 1 aliphatic heterocycles. The second-order valence-corrected chi connectivity index (χ2v) is 7.21. The number of aliphatic imine (C=N–C) groups is 1. The van der Waals surface area contributed by atoms with E-state index in [1.165, 1.54) is 24.0 Å². The Hall–Kier alpha value is -2.36. The van der Waals surface area contributed by atoms with Gasteiger partial charge in [0.1, 0.15) is 5.82 Å². The summed E-state index contributed by atoms with van der Waals surface area (Å²) in [6.45, 7) is 5.29. The van der Waals surface area contributed by atoms with Crippen LogP contribution < -0.4 is 5.32 Å². The SMILES string of the molecule is CC(C)c1ccc(-c2cc3c(c(NC4CC4)n2)CN(C)C=N3)cc1. The van der Waals surface area contributed by atoms with Crippen LogP contribution in [0.2, 0.25) is 0 Å². The Morgan fingerprint density at radius 2 is 1.92 bits per heavy atom. The molecule has 24 heavy (non-hydrogen) atoms. The van der Waals surface area contributed by atoms with E-state index in [0.717, 1.165) is 29.3 Å². The molecule has 4 rings (SSSR count). The summed E-state index contributed by atoms with van der Waals surface area (Å²) >= 11 is 0. The number of pyridine rings is 1. The molecule has 0 radical (unpaired) electrons. The van der Waals surface area contributed by atoms with E-state index in [-0.39, 0.29) is 0 Å². The number of benzene rings is 1. The van der Waals surface area contributed by atoms with Crippen molar-refractivity contribution in [3.63, 3.8) is 0 Å². The zero-order valence-corrected chi connectivity index (χ0v) is 14.6. The van der Waals surface area contributed by atoms with E-state index in [1.54, 1.807) is 0 Å². The molecule has 0 saturated heterocycles. The van der Waals surface area contributed by atoms with Gasteiger partial charge in [-0.15, -0.1) is 0 Å². The highest BCUT2D eigenvalue weighted by Crippen LogP contribution is 2.36. The van der Waals surface area contributed by atoms with E-state index in [1.807, 2.05) is 13.4 Å². The highest BCUT2D eigenvalue weighted by molar-refractivity contribution is 5.76. The topological polar surface area (TPSA) is 40.5 Å². The van der Waals surface area contributed by atoms with Gasteiger partial charge in [0.15, 0.2) is 0 Å². The van der Waals surface area contributed by atoms with Crippen molar-refractivity contribution in [1.82, 2.24) is 9.88 Å². The fourth-order valence-corrected chi connectivity index (χ4v) is 3.01. The molecule has 1 aromatic carbocycles. The molecule has 1 saturated carbocycles. The van der Waals surface area contributed by atoms with Crippen LogP contribution in [0.15, 0.2) is 35.3 Å². The molecular formula is C20H24N4. The molecule has 124 valence electrons. The minimum absolute atomic E-state index is 0.544. The van der Waals surface area contributed by atoms with Gasteiger partial charge in [-0.05, 0) is 30.4 Å². The smallest absolute Gasteiger partial charge is 0.134 e. The molecule has 0 bridgehead atoms. The van der Waals surface area contributed by atoms with Crippen molar-refractivity contribution in [1.29, 1.82) is 0 Å². The van der Waals surface area contributed by atoms with E-state index in [4.69, 9.17) is 4.98 Å². The van der Waals surface area contributed by atoms with Gasteiger partial charge >= 0.3 is 0 Å². The van der Waals surface area contributed by atoms with Gasteiger partial charge in [-0.2, -0.15) is 0 Å². The van der Waals surface area contributed by atoms with Crippen molar-refractivity contribution in [2.75, 3.05) is 12.4 Å². The van der Waals surface area contributed by atoms with Crippen molar-refractivity contribution in [2.45, 2.75) is 45.2 Å². The van der Waals surface area contributed by atoms with Crippen LogP contribution in [0.4, 0.5) is 11.5 Å². The molecule has 0 atom stereocenters. The summed E-state index contributed by atoms with van der Waals surface area (Å²) in [7, 11) is 2.05. The van der Waals surface area contributed by atoms with Crippen LogP contribution in [0.1, 0.15) is 43.7 Å². The summed E-state index contributed by atoms with van der Waals surface area (Å²) < 4.78 is 0. The summed E-state index contributed by atoms with van der Waals surface area (Å²) in [6.07, 6.45) is 4.38. The van der Waals surface area contributed by atoms with Crippen molar-refractivity contribution < 1.29 is 0 Å². The third-order valence-electron chi connectivity index (χ3n) is 4.69. The number of fused-ring (bicyclic) bond motifs is 1. The first kappa shape index (κ1) is 15.2. The Balaban J connectivity index is 1.74. The Kier molecular flexibility index (Phi) is 3.75. The minimum atomic E-state index is 0.544. The molecule has 0 unspecified atom stereocenters. The lowest BCUT2D eigenvalue weighted by atomic mass is 10.00. The minimum Gasteiger partial charge on any atom is -0.367 e. The second kappa shape index (κ2) is 5.93. The lowest BCUT2D eigenvalue weighted by molar-refractivity contribution is 0.509. The Morgan fingerprint density at radius 3 is 2.58 bits per heavy atom. The van der Waals surface area contributed by atoms with Crippen LogP contribution in [0, 0.1) is 0 Å². The molecule has 0 amide bonds. The van der Waals surface area contributed by atoms with Gasteiger partial charge in [0.25, 0.3) is 0 Å². The summed E-state index contributed by atoms with van der Waals surface area (Å²) in [4.78, 5) is 11.6. The molecule has 2 heterocycles. The second-order valence-electron chi connectivity index (χ2n) is 7.21. The van der Waals surface area contributed by atoms with Gasteiger partial charge in [0, 0.05) is 30.8 Å². The maximum atomic E-state index is 4.93. The first-order chi connectivity index (χ1) is 11.6. The van der Waals surface area contributed by atoms with Crippen molar-refractivity contribution in [2.24, 2.45) is 4.99 Å². The standard InChI is InChI=1S/C20H24N4/c1-13(2)14-4-6-15(7-5-14)18-10-19-17(11-24(3)12-21-19)20(23-18)22-16-8-9-16/h4-7,10,12-13,16H,8-9,11H2,1-3H3,(H,22,23). The number of aromatic nitrogens is 1. The van der Waals surface area contributed by atoms with Gasteiger partial charge in [0.2, 0.25) is 0 Å². The van der Waals surface area contributed by atoms with Gasteiger partial charge in [-0.3, -0.25) is 0 Å². The summed E-state index contributed by atoms with van der Waals surface area (Å²) in [5.74, 6) is 1.55. The zero-order chi connectivity index (χ0) is 16.7. The molecule has 1 aromatic heterocycles. The Bertz CT molecular complexity index is 773. The summed E-state index contributed by atoms with van der Waals surface area (Å²) in [6, 6.07) is 11.4. The van der Waals surface area contributed by atoms with Crippen molar-refractivity contribution >= 4 is 17.8 Å². The van der Waals surface area contributed by atoms with E-state index in [9.17, 15) is 0 Å². The predicted octanol–water partition coefficient (Wildman–Crippen LogP) is 4.55. The first-order valence-electron chi connectivity index (χ1n) is 8.75. The summed E-state index contributed by atoms with van der Waals surface area (Å²) in [5.41, 5.74) is 5.74. The van der Waals surface area contributed by atoms with E-state index < -0.39 is 0 Å². The average Bonchev–Trinajstić information content (AvgIpc) is 3.39. The van der Waals surface area contributed by atoms with Gasteiger partial charge in [0.05, 0.1) is 17.7 Å². The summed E-state index contributed by atoms with van der Waals surface area (Å²) in [5, 5.41) is 3.59. The lowest BCUT2D eigenvalue weighted by Gasteiger charge is -2.23. The molecule has 4 heteroatoms. The normalized spacial score (nSPS) is 16.4.